The van der Waals surface area contributed by atoms with Crippen LogP contribution in [0.25, 0.3) is 6.08 Å². The zero-order chi connectivity index (χ0) is 13.4. The minimum absolute atomic E-state index is 0.245. The Bertz CT molecular complexity index is 432. The van der Waals surface area contributed by atoms with E-state index in [4.69, 9.17) is 9.84 Å². The van der Waals surface area contributed by atoms with E-state index in [9.17, 15) is 9.59 Å². The third-order valence-corrected chi connectivity index (χ3v) is 2.26. The number of unbranched alkanes of at least 4 members (excludes halogenated alkanes) is 1. The molecular weight excluding hydrogens is 232 g/mol. The molecule has 0 atom stereocenters. The molecule has 0 radical (unpaired) electrons. The highest BCUT2D eigenvalue weighted by Gasteiger charge is 2.03. The van der Waals surface area contributed by atoms with Crippen molar-refractivity contribution in [1.82, 2.24) is 0 Å². The molecule has 0 aliphatic rings. The van der Waals surface area contributed by atoms with Crippen LogP contribution >= 0.6 is 0 Å². The summed E-state index contributed by atoms with van der Waals surface area (Å²) >= 11 is 0. The van der Waals surface area contributed by atoms with Gasteiger partial charge in [0, 0.05) is 12.5 Å². The fourth-order valence-corrected chi connectivity index (χ4v) is 1.32. The Labute approximate surface area is 106 Å². The largest absolute Gasteiger partial charge is 0.478 e. The van der Waals surface area contributed by atoms with E-state index >= 15 is 0 Å². The molecule has 1 N–H and O–H groups in total. The second-order valence-electron chi connectivity index (χ2n) is 3.82. The molecule has 1 rings (SSSR count). The van der Waals surface area contributed by atoms with Crippen molar-refractivity contribution in [2.24, 2.45) is 0 Å². The molecule has 0 spiro atoms. The number of carbonyl (C=O) groups excluding carboxylic acids is 1. The highest BCUT2D eigenvalue weighted by atomic mass is 16.5. The van der Waals surface area contributed by atoms with Crippen LogP contribution in [0.3, 0.4) is 0 Å². The quantitative estimate of drug-likeness (QED) is 0.477. The summed E-state index contributed by atoms with van der Waals surface area (Å²) < 4.78 is 5.12. The van der Waals surface area contributed by atoms with Gasteiger partial charge in [-0.1, -0.05) is 25.5 Å². The van der Waals surface area contributed by atoms with Gasteiger partial charge in [-0.25, -0.2) is 4.79 Å². The summed E-state index contributed by atoms with van der Waals surface area (Å²) in [6.07, 6.45) is 4.72. The summed E-state index contributed by atoms with van der Waals surface area (Å²) in [5.74, 6) is -0.765. The third kappa shape index (κ3) is 5.30. The van der Waals surface area contributed by atoms with Crippen molar-refractivity contribution in [3.63, 3.8) is 0 Å². The summed E-state index contributed by atoms with van der Waals surface area (Å²) in [6, 6.07) is 6.68. The van der Waals surface area contributed by atoms with E-state index < -0.39 is 5.97 Å². The van der Waals surface area contributed by atoms with Gasteiger partial charge in [0.25, 0.3) is 0 Å². The topological polar surface area (TPSA) is 63.6 Å². The maximum Gasteiger partial charge on any atom is 0.328 e. The van der Waals surface area contributed by atoms with Crippen LogP contribution in [0.2, 0.25) is 0 Å². The molecule has 0 aromatic heterocycles. The number of carboxylic acid groups (broad SMARTS) is 1. The second kappa shape index (κ2) is 7.27. The molecule has 4 nitrogen and oxygen atoms in total. The van der Waals surface area contributed by atoms with Crippen LogP contribution in [0.5, 0.6) is 5.75 Å². The van der Waals surface area contributed by atoms with E-state index in [1.807, 2.05) is 6.92 Å². The monoisotopic (exact) mass is 248 g/mol. The average molecular weight is 248 g/mol. The number of hydrogen-bond acceptors (Lipinski definition) is 3. The molecule has 1 aromatic rings. The maximum atomic E-state index is 11.4. The third-order valence-electron chi connectivity index (χ3n) is 2.26. The Kier molecular flexibility index (Phi) is 5.64. The fraction of sp³-hybridized carbons (Fsp3) is 0.286. The van der Waals surface area contributed by atoms with Crippen LogP contribution in [0, 0.1) is 0 Å². The van der Waals surface area contributed by atoms with Crippen molar-refractivity contribution in [3.8, 4) is 5.75 Å². The molecule has 0 aliphatic heterocycles. The van der Waals surface area contributed by atoms with Crippen LogP contribution in [0.15, 0.2) is 30.3 Å². The van der Waals surface area contributed by atoms with Crippen molar-refractivity contribution in [2.75, 3.05) is 0 Å². The number of esters is 1. The minimum Gasteiger partial charge on any atom is -0.478 e. The first kappa shape index (κ1) is 14.0. The lowest BCUT2D eigenvalue weighted by atomic mass is 10.2. The van der Waals surface area contributed by atoms with Crippen molar-refractivity contribution in [3.05, 3.63) is 35.9 Å². The maximum absolute atomic E-state index is 11.4. The van der Waals surface area contributed by atoms with Crippen molar-refractivity contribution >= 4 is 18.0 Å². The van der Waals surface area contributed by atoms with Crippen LogP contribution < -0.4 is 4.74 Å². The van der Waals surface area contributed by atoms with Crippen molar-refractivity contribution < 1.29 is 19.4 Å². The lowest BCUT2D eigenvalue weighted by Crippen LogP contribution is -2.07. The van der Waals surface area contributed by atoms with Gasteiger partial charge in [0.05, 0.1) is 0 Å². The number of carboxylic acids is 1. The number of benzene rings is 1. The molecule has 0 saturated carbocycles. The number of rotatable bonds is 6. The predicted molar refractivity (Wildman–Crippen MR) is 68.3 cm³/mol. The smallest absolute Gasteiger partial charge is 0.328 e. The van der Waals surface area contributed by atoms with Crippen LogP contribution in [-0.4, -0.2) is 17.0 Å². The zero-order valence-electron chi connectivity index (χ0n) is 10.3. The molecule has 18 heavy (non-hydrogen) atoms. The van der Waals surface area contributed by atoms with Gasteiger partial charge in [0.1, 0.15) is 5.75 Å². The SMILES string of the molecule is CCCCC(=O)Oc1ccc(C=CC(=O)O)cc1. The molecule has 0 saturated heterocycles. The molecular formula is C14H16O4. The molecule has 0 fully saturated rings. The van der Waals surface area contributed by atoms with Crippen LogP contribution in [0.1, 0.15) is 31.7 Å². The van der Waals surface area contributed by atoms with Crippen LogP contribution in [-0.2, 0) is 9.59 Å². The first-order valence-corrected chi connectivity index (χ1v) is 5.83. The molecule has 0 bridgehead atoms. The second-order valence-corrected chi connectivity index (χ2v) is 3.82. The Balaban J connectivity index is 2.55. The number of ether oxygens (including phenoxy) is 1. The zero-order valence-corrected chi connectivity index (χ0v) is 10.3. The van der Waals surface area contributed by atoms with Crippen molar-refractivity contribution in [1.29, 1.82) is 0 Å². The first-order chi connectivity index (χ1) is 8.61. The van der Waals surface area contributed by atoms with E-state index in [1.165, 1.54) is 6.08 Å². The Morgan fingerprint density at radius 2 is 1.94 bits per heavy atom. The fourth-order valence-electron chi connectivity index (χ4n) is 1.32. The lowest BCUT2D eigenvalue weighted by Gasteiger charge is -2.03. The van der Waals surface area contributed by atoms with Gasteiger partial charge in [-0.05, 0) is 30.2 Å². The van der Waals surface area contributed by atoms with Gasteiger partial charge in [0.15, 0.2) is 0 Å². The molecule has 0 aliphatic carbocycles. The summed E-state index contributed by atoms with van der Waals surface area (Å²) in [5, 5.41) is 8.47. The number of carbonyl (C=O) groups is 2. The Morgan fingerprint density at radius 1 is 1.28 bits per heavy atom. The number of aliphatic carboxylic acids is 1. The molecule has 1 aromatic carbocycles. The molecule has 0 amide bonds. The van der Waals surface area contributed by atoms with E-state index in [1.54, 1.807) is 24.3 Å². The Hall–Kier alpha value is -2.10. The van der Waals surface area contributed by atoms with Gasteiger partial charge in [-0.2, -0.15) is 0 Å². The van der Waals surface area contributed by atoms with Gasteiger partial charge in [0.2, 0.25) is 0 Å². The summed E-state index contributed by atoms with van der Waals surface area (Å²) in [5.41, 5.74) is 0.741. The summed E-state index contributed by atoms with van der Waals surface area (Å²) in [4.78, 5) is 21.7. The summed E-state index contributed by atoms with van der Waals surface area (Å²) in [6.45, 7) is 2.01. The standard InChI is InChI=1S/C14H16O4/c1-2-3-4-14(17)18-12-8-5-11(6-9-12)7-10-13(15)16/h5-10H,2-4H2,1H3,(H,15,16). The Morgan fingerprint density at radius 3 is 2.50 bits per heavy atom. The average Bonchev–Trinajstić information content (AvgIpc) is 2.35. The van der Waals surface area contributed by atoms with Crippen molar-refractivity contribution in [2.45, 2.75) is 26.2 Å². The normalized spacial score (nSPS) is 10.5. The lowest BCUT2D eigenvalue weighted by molar-refractivity contribution is -0.134. The number of hydrogen-bond donors (Lipinski definition) is 1. The van der Waals surface area contributed by atoms with E-state index in [0.717, 1.165) is 24.5 Å². The van der Waals surface area contributed by atoms with Gasteiger partial charge < -0.3 is 9.84 Å². The predicted octanol–water partition coefficient (Wildman–Crippen LogP) is 2.88. The highest BCUT2D eigenvalue weighted by Crippen LogP contribution is 2.14. The molecule has 96 valence electrons. The minimum atomic E-state index is -0.995. The van der Waals surface area contributed by atoms with E-state index in [0.29, 0.717) is 12.2 Å². The van der Waals surface area contributed by atoms with E-state index in [-0.39, 0.29) is 5.97 Å². The molecule has 4 heteroatoms. The van der Waals surface area contributed by atoms with Gasteiger partial charge in [-0.15, -0.1) is 0 Å². The van der Waals surface area contributed by atoms with Crippen LogP contribution in [0.4, 0.5) is 0 Å². The first-order valence-electron chi connectivity index (χ1n) is 5.83. The molecule has 0 unspecified atom stereocenters. The highest BCUT2D eigenvalue weighted by molar-refractivity contribution is 5.85. The summed E-state index contributed by atoms with van der Waals surface area (Å²) in [7, 11) is 0. The molecule has 0 heterocycles. The van der Waals surface area contributed by atoms with Gasteiger partial charge in [-0.3, -0.25) is 4.79 Å². The van der Waals surface area contributed by atoms with E-state index in [2.05, 4.69) is 0 Å². The van der Waals surface area contributed by atoms with Gasteiger partial charge >= 0.3 is 11.9 Å².